The molecule has 11 nitrogen and oxygen atoms in total. The number of carbonyl (C=O) groups is 1. The molecule has 204 valence electrons. The fourth-order valence-electron chi connectivity index (χ4n) is 4.33. The van der Waals surface area contributed by atoms with Gasteiger partial charge in [0.25, 0.3) is 5.91 Å². The lowest BCUT2D eigenvalue weighted by atomic mass is 9.96. The lowest BCUT2D eigenvalue weighted by Crippen LogP contribution is -2.11. The molecule has 0 atom stereocenters. The van der Waals surface area contributed by atoms with Crippen LogP contribution in [0.1, 0.15) is 22.2 Å². The quantitative estimate of drug-likeness (QED) is 0.221. The number of aromatic nitrogens is 2. The van der Waals surface area contributed by atoms with Crippen molar-refractivity contribution >= 4 is 65.7 Å². The number of benzene rings is 2. The van der Waals surface area contributed by atoms with Crippen molar-refractivity contribution in [2.75, 3.05) is 44.7 Å². The van der Waals surface area contributed by atoms with E-state index in [0.29, 0.717) is 50.3 Å². The van der Waals surface area contributed by atoms with Crippen LogP contribution in [0.25, 0.3) is 31.6 Å². The zero-order valence-electron chi connectivity index (χ0n) is 21.9. The van der Waals surface area contributed by atoms with Gasteiger partial charge in [-0.3, -0.25) is 10.1 Å². The summed E-state index contributed by atoms with van der Waals surface area (Å²) in [6.45, 7) is 2.45. The van der Waals surface area contributed by atoms with Crippen LogP contribution in [0.3, 0.4) is 0 Å². The second-order valence-corrected chi connectivity index (χ2v) is 10.4. The van der Waals surface area contributed by atoms with Gasteiger partial charge >= 0.3 is 0 Å². The van der Waals surface area contributed by atoms with Gasteiger partial charge in [-0.25, -0.2) is 9.97 Å². The first-order valence-electron chi connectivity index (χ1n) is 11.9. The van der Waals surface area contributed by atoms with Gasteiger partial charge in [0.15, 0.2) is 16.6 Å². The number of nitrogens with zero attached hydrogens (tertiary/aromatic N) is 3. The molecule has 0 bridgehead atoms. The van der Waals surface area contributed by atoms with Crippen molar-refractivity contribution in [3.8, 4) is 40.2 Å². The monoisotopic (exact) mass is 576 g/mol. The summed E-state index contributed by atoms with van der Waals surface area (Å²) in [5, 5.41) is 13.7. The van der Waals surface area contributed by atoms with E-state index in [-0.39, 0.29) is 21.9 Å². The Labute approximate surface area is 236 Å². The third-order valence-corrected chi connectivity index (χ3v) is 8.10. The second-order valence-electron chi connectivity index (χ2n) is 8.33. The van der Waals surface area contributed by atoms with Crippen LogP contribution >= 0.6 is 22.7 Å². The van der Waals surface area contributed by atoms with Crippen LogP contribution in [0.4, 0.5) is 16.6 Å². The Hall–Kier alpha value is -4.80. The summed E-state index contributed by atoms with van der Waals surface area (Å²) < 4.78 is 22.9. The predicted octanol–water partition coefficient (Wildman–Crippen LogP) is 5.29. The molecular formula is C27H24N6O5S2. The maximum Gasteiger partial charge on any atom is 0.269 e. The Morgan fingerprint density at radius 3 is 2.40 bits per heavy atom. The van der Waals surface area contributed by atoms with Crippen LogP contribution < -0.4 is 35.7 Å². The first-order chi connectivity index (χ1) is 19.3. The summed E-state index contributed by atoms with van der Waals surface area (Å²) >= 11 is 2.38. The molecular weight excluding hydrogens is 552 g/mol. The molecule has 0 spiro atoms. The van der Waals surface area contributed by atoms with Crippen LogP contribution in [0, 0.1) is 11.3 Å². The van der Waals surface area contributed by atoms with Crippen molar-refractivity contribution in [3.05, 3.63) is 40.8 Å². The summed E-state index contributed by atoms with van der Waals surface area (Å²) in [6, 6.07) is 11.0. The molecule has 0 fully saturated rings. The Kier molecular flexibility index (Phi) is 7.20. The molecule has 5 aromatic rings. The molecule has 2 aromatic carbocycles. The zero-order valence-corrected chi connectivity index (χ0v) is 23.6. The van der Waals surface area contributed by atoms with E-state index < -0.39 is 5.91 Å². The Balaban J connectivity index is 1.62. The van der Waals surface area contributed by atoms with Gasteiger partial charge in [-0.2, -0.15) is 5.26 Å². The van der Waals surface area contributed by atoms with E-state index in [0.717, 1.165) is 27.3 Å². The fraction of sp³-hybridized carbons (Fsp3) is 0.185. The lowest BCUT2D eigenvalue weighted by Gasteiger charge is -2.16. The zero-order chi connectivity index (χ0) is 28.6. The largest absolute Gasteiger partial charge is 0.494 e. The number of thiazole rings is 1. The lowest BCUT2D eigenvalue weighted by molar-refractivity contribution is 0.103. The summed E-state index contributed by atoms with van der Waals surface area (Å²) in [4.78, 5) is 22.9. The number of nitrogens with one attached hydrogen (secondary N) is 1. The van der Waals surface area contributed by atoms with Gasteiger partial charge in [0.05, 0.1) is 43.8 Å². The summed E-state index contributed by atoms with van der Waals surface area (Å²) in [5.41, 5.74) is 14.7. The van der Waals surface area contributed by atoms with Gasteiger partial charge in [-0.15, -0.1) is 11.3 Å². The average Bonchev–Trinajstić information content (AvgIpc) is 3.50. The molecule has 3 aromatic heterocycles. The Bertz CT molecular complexity index is 1800. The Morgan fingerprint density at radius 2 is 1.77 bits per heavy atom. The highest BCUT2D eigenvalue weighted by molar-refractivity contribution is 7.23. The molecule has 0 saturated carbocycles. The van der Waals surface area contributed by atoms with E-state index in [1.165, 1.54) is 32.7 Å². The van der Waals surface area contributed by atoms with E-state index in [1.54, 1.807) is 12.1 Å². The molecule has 0 unspecified atom stereocenters. The first kappa shape index (κ1) is 26.8. The number of ether oxygens (including phenoxy) is 4. The maximum absolute atomic E-state index is 13.4. The van der Waals surface area contributed by atoms with Crippen molar-refractivity contribution in [1.82, 2.24) is 9.97 Å². The van der Waals surface area contributed by atoms with Crippen LogP contribution in [-0.4, -0.2) is 43.8 Å². The van der Waals surface area contributed by atoms with Crippen LogP contribution in [-0.2, 0) is 0 Å². The van der Waals surface area contributed by atoms with Crippen LogP contribution in [0.5, 0.6) is 23.0 Å². The van der Waals surface area contributed by atoms with Crippen molar-refractivity contribution in [2.24, 2.45) is 0 Å². The van der Waals surface area contributed by atoms with E-state index in [2.05, 4.69) is 21.4 Å². The van der Waals surface area contributed by atoms with Crippen molar-refractivity contribution in [2.45, 2.75) is 6.92 Å². The van der Waals surface area contributed by atoms with Gasteiger partial charge in [-0.05, 0) is 42.8 Å². The number of pyridine rings is 1. The van der Waals surface area contributed by atoms with Crippen molar-refractivity contribution in [1.29, 1.82) is 5.26 Å². The van der Waals surface area contributed by atoms with Crippen molar-refractivity contribution < 1.29 is 23.7 Å². The fourth-order valence-corrected chi connectivity index (χ4v) is 6.23. The third-order valence-electron chi connectivity index (χ3n) is 6.07. The minimum absolute atomic E-state index is 0.00300. The number of hydrogen-bond donors (Lipinski definition) is 3. The van der Waals surface area contributed by atoms with Gasteiger partial charge in [-0.1, -0.05) is 11.3 Å². The van der Waals surface area contributed by atoms with Gasteiger partial charge in [0.2, 0.25) is 5.75 Å². The number of thiophene rings is 1. The number of carbonyl (C=O) groups excluding carboxylic acids is 1. The number of fused-ring (bicyclic) bond motifs is 2. The number of nitriles is 1. The molecule has 0 aliphatic carbocycles. The van der Waals surface area contributed by atoms with Crippen LogP contribution in [0.2, 0.25) is 0 Å². The molecule has 0 aliphatic rings. The number of hydrogen-bond acceptors (Lipinski definition) is 12. The van der Waals surface area contributed by atoms with Crippen LogP contribution in [0.15, 0.2) is 30.3 Å². The molecule has 0 radical (unpaired) electrons. The number of anilines is 3. The number of rotatable bonds is 8. The van der Waals surface area contributed by atoms with E-state index >= 15 is 0 Å². The van der Waals surface area contributed by atoms with Gasteiger partial charge in [0, 0.05) is 10.9 Å². The minimum atomic E-state index is -0.461. The summed E-state index contributed by atoms with van der Waals surface area (Å²) in [5.74, 6) is 1.40. The number of nitrogen functional groups attached to an aromatic ring is 2. The number of amides is 1. The van der Waals surface area contributed by atoms with E-state index in [9.17, 15) is 10.1 Å². The minimum Gasteiger partial charge on any atom is -0.494 e. The highest BCUT2D eigenvalue weighted by atomic mass is 32.1. The molecule has 5 N–H and O–H groups in total. The SMILES string of the molecule is CCOc1ccc2nc(NC(=O)c3sc4nc(N)c(C#N)c(-c5cc(OC)c(OC)c(OC)c5)c4c3N)sc2c1. The first-order valence-corrected chi connectivity index (χ1v) is 13.5. The molecule has 0 saturated heterocycles. The second kappa shape index (κ2) is 10.8. The van der Waals surface area contributed by atoms with E-state index in [1.807, 2.05) is 25.1 Å². The van der Waals surface area contributed by atoms with Gasteiger partial charge in [0.1, 0.15) is 32.9 Å². The number of nitrogens with two attached hydrogens (primary N) is 2. The standard InChI is InChI=1S/C27H24N6O5S2/c1-5-38-13-6-7-15-18(10-13)39-27(31-15)33-25(34)23-21(29)20-19(14(11-28)24(30)32-26(20)40-23)12-8-16(35-2)22(37-4)17(9-12)36-3/h6-10H,5,29H2,1-4H3,(H2,30,32)(H,31,33,34). The molecule has 5 rings (SSSR count). The smallest absolute Gasteiger partial charge is 0.269 e. The average molecular weight is 577 g/mol. The topological polar surface area (TPSA) is 168 Å². The summed E-state index contributed by atoms with van der Waals surface area (Å²) in [7, 11) is 4.47. The normalized spacial score (nSPS) is 10.9. The maximum atomic E-state index is 13.4. The molecule has 40 heavy (non-hydrogen) atoms. The molecule has 3 heterocycles. The summed E-state index contributed by atoms with van der Waals surface area (Å²) in [6.07, 6.45) is 0. The predicted molar refractivity (Wildman–Crippen MR) is 157 cm³/mol. The van der Waals surface area contributed by atoms with Crippen molar-refractivity contribution in [3.63, 3.8) is 0 Å². The molecule has 0 aliphatic heterocycles. The highest BCUT2D eigenvalue weighted by Gasteiger charge is 2.26. The highest BCUT2D eigenvalue weighted by Crippen LogP contribution is 2.47. The third kappa shape index (κ3) is 4.53. The molecule has 1 amide bonds. The Morgan fingerprint density at radius 1 is 1.05 bits per heavy atom. The number of methoxy groups -OCH3 is 3. The van der Waals surface area contributed by atoms with Gasteiger partial charge < -0.3 is 30.4 Å². The van der Waals surface area contributed by atoms with E-state index in [4.69, 9.17) is 30.4 Å². The molecule has 13 heteroatoms.